The molecule has 3 N–H and O–H groups in total. The van der Waals surface area contributed by atoms with Crippen LogP contribution in [-0.4, -0.2) is 57.1 Å². The summed E-state index contributed by atoms with van der Waals surface area (Å²) in [6, 6.07) is 18.4. The van der Waals surface area contributed by atoms with Crippen LogP contribution in [0.4, 0.5) is 0 Å². The van der Waals surface area contributed by atoms with Crippen molar-refractivity contribution in [3.05, 3.63) is 65.7 Å². The van der Waals surface area contributed by atoms with E-state index in [1.54, 1.807) is 14.2 Å². The summed E-state index contributed by atoms with van der Waals surface area (Å²) in [5, 5.41) is 9.42. The molecular formula is C24H33N5O2. The first-order chi connectivity index (χ1) is 15.2. The van der Waals surface area contributed by atoms with Gasteiger partial charge >= 0.3 is 0 Å². The lowest BCUT2D eigenvalue weighted by Crippen LogP contribution is -2.45. The molecule has 166 valence electrons. The van der Waals surface area contributed by atoms with Crippen LogP contribution < -0.4 is 20.7 Å². The maximum atomic E-state index is 12.2. The fraction of sp³-hybridized carbons (Fsp3) is 0.417. The van der Waals surface area contributed by atoms with Crippen LogP contribution in [0, 0.1) is 0 Å². The predicted molar refractivity (Wildman–Crippen MR) is 124 cm³/mol. The summed E-state index contributed by atoms with van der Waals surface area (Å²) in [5.74, 6) is 1.40. The number of methoxy groups -OCH3 is 1. The van der Waals surface area contributed by atoms with Crippen molar-refractivity contribution in [1.82, 2.24) is 20.9 Å². The lowest BCUT2D eigenvalue weighted by atomic mass is 10.1. The van der Waals surface area contributed by atoms with Gasteiger partial charge in [0.2, 0.25) is 5.91 Å². The minimum Gasteiger partial charge on any atom is -0.497 e. The highest BCUT2D eigenvalue weighted by molar-refractivity contribution is 5.86. The molecule has 3 rings (SSSR count). The van der Waals surface area contributed by atoms with Gasteiger partial charge < -0.3 is 20.7 Å². The van der Waals surface area contributed by atoms with Gasteiger partial charge in [0.15, 0.2) is 5.96 Å². The molecule has 7 nitrogen and oxygen atoms in total. The maximum Gasteiger partial charge on any atom is 0.239 e. The summed E-state index contributed by atoms with van der Waals surface area (Å²) in [7, 11) is 3.40. The van der Waals surface area contributed by atoms with Crippen molar-refractivity contribution < 1.29 is 9.53 Å². The number of ether oxygens (including phenoxy) is 1. The largest absolute Gasteiger partial charge is 0.497 e. The number of nitrogens with one attached hydrogen (secondary N) is 3. The summed E-state index contributed by atoms with van der Waals surface area (Å²) < 4.78 is 5.30. The van der Waals surface area contributed by atoms with Gasteiger partial charge in [0, 0.05) is 20.1 Å². The molecule has 7 heteroatoms. The van der Waals surface area contributed by atoms with Crippen LogP contribution in [0.5, 0.6) is 5.75 Å². The number of hydrogen-bond acceptors (Lipinski definition) is 4. The number of amides is 1. The van der Waals surface area contributed by atoms with Gasteiger partial charge in [-0.1, -0.05) is 42.5 Å². The number of nitrogens with zero attached hydrogens (tertiary/aromatic N) is 2. The van der Waals surface area contributed by atoms with E-state index in [0.717, 1.165) is 24.4 Å². The second-order valence-corrected chi connectivity index (χ2v) is 7.60. The quantitative estimate of drug-likeness (QED) is 0.426. The Morgan fingerprint density at radius 1 is 1.03 bits per heavy atom. The third-order valence-electron chi connectivity index (χ3n) is 5.52. The summed E-state index contributed by atoms with van der Waals surface area (Å²) in [5.41, 5.74) is 2.32. The Hall–Kier alpha value is -3.06. The normalized spacial score (nSPS) is 15.4. The van der Waals surface area contributed by atoms with Gasteiger partial charge in [0.1, 0.15) is 5.75 Å². The summed E-state index contributed by atoms with van der Waals surface area (Å²) in [6.45, 7) is 3.57. The molecule has 1 amide bonds. The summed E-state index contributed by atoms with van der Waals surface area (Å²) in [4.78, 5) is 19.0. The Balaban J connectivity index is 1.50. The Morgan fingerprint density at radius 3 is 2.39 bits per heavy atom. The van der Waals surface area contributed by atoms with Gasteiger partial charge in [-0.2, -0.15) is 0 Å². The Bertz CT molecular complexity index is 833. The molecule has 0 aliphatic carbocycles. The van der Waals surface area contributed by atoms with Crippen molar-refractivity contribution in [3.8, 4) is 5.75 Å². The van der Waals surface area contributed by atoms with E-state index >= 15 is 0 Å². The van der Waals surface area contributed by atoms with E-state index in [4.69, 9.17) is 4.74 Å². The van der Waals surface area contributed by atoms with Gasteiger partial charge in [-0.3, -0.25) is 14.7 Å². The van der Waals surface area contributed by atoms with Crippen molar-refractivity contribution in [2.24, 2.45) is 4.99 Å². The molecular weight excluding hydrogens is 390 g/mol. The van der Waals surface area contributed by atoms with E-state index in [2.05, 4.69) is 38.0 Å². The first-order valence-corrected chi connectivity index (χ1v) is 10.8. The predicted octanol–water partition coefficient (Wildman–Crippen LogP) is 2.31. The fourth-order valence-corrected chi connectivity index (χ4v) is 3.77. The van der Waals surface area contributed by atoms with Crippen molar-refractivity contribution in [1.29, 1.82) is 0 Å². The molecule has 0 spiro atoms. The van der Waals surface area contributed by atoms with Crippen molar-refractivity contribution in [2.75, 3.05) is 40.3 Å². The standard InChI is InChI=1S/C24H33N5O2/c1-25-24(28-18-23(30)26-16-19-8-4-3-5-9-19)27-17-22(29-14-6-7-15-29)20-10-12-21(31-2)13-11-20/h3-5,8-13,22H,6-7,14-18H2,1-2H3,(H,26,30)(H2,25,27,28). The van der Waals surface area contributed by atoms with E-state index in [1.165, 1.54) is 18.4 Å². The van der Waals surface area contributed by atoms with Crippen LogP contribution in [0.1, 0.15) is 30.0 Å². The zero-order chi connectivity index (χ0) is 21.9. The number of aliphatic imine (C=N–C) groups is 1. The zero-order valence-electron chi connectivity index (χ0n) is 18.4. The second kappa shape index (κ2) is 12.0. The van der Waals surface area contributed by atoms with Crippen molar-refractivity contribution >= 4 is 11.9 Å². The van der Waals surface area contributed by atoms with E-state index in [0.29, 0.717) is 19.0 Å². The van der Waals surface area contributed by atoms with Crippen LogP contribution in [0.25, 0.3) is 0 Å². The number of rotatable bonds is 9. The van der Waals surface area contributed by atoms with Crippen molar-refractivity contribution in [2.45, 2.75) is 25.4 Å². The van der Waals surface area contributed by atoms with Crippen LogP contribution in [0.15, 0.2) is 59.6 Å². The fourth-order valence-electron chi connectivity index (χ4n) is 3.77. The molecule has 1 heterocycles. The van der Waals surface area contributed by atoms with Crippen LogP contribution in [0.3, 0.4) is 0 Å². The molecule has 1 unspecified atom stereocenters. The Morgan fingerprint density at radius 2 is 1.74 bits per heavy atom. The van der Waals surface area contributed by atoms with Crippen LogP contribution in [-0.2, 0) is 11.3 Å². The number of likely N-dealkylation sites (tertiary alicyclic amines) is 1. The zero-order valence-corrected chi connectivity index (χ0v) is 18.4. The maximum absolute atomic E-state index is 12.2. The SMILES string of the molecule is CN=C(NCC(=O)NCc1ccccc1)NCC(c1ccc(OC)cc1)N1CCCC1. The highest BCUT2D eigenvalue weighted by Crippen LogP contribution is 2.26. The van der Waals surface area contributed by atoms with Gasteiger partial charge in [-0.25, -0.2) is 0 Å². The molecule has 1 atom stereocenters. The number of guanidine groups is 1. The van der Waals surface area contributed by atoms with Gasteiger partial charge in [0.25, 0.3) is 0 Å². The number of hydrogen-bond donors (Lipinski definition) is 3. The van der Waals surface area contributed by atoms with Gasteiger partial charge in [0.05, 0.1) is 19.7 Å². The number of carbonyl (C=O) groups excluding carboxylic acids is 1. The average Bonchev–Trinajstić information content (AvgIpc) is 3.35. The minimum atomic E-state index is -0.0712. The molecule has 1 fully saturated rings. The molecule has 2 aromatic rings. The average molecular weight is 424 g/mol. The molecule has 0 saturated carbocycles. The molecule has 1 aliphatic rings. The van der Waals surface area contributed by atoms with Crippen molar-refractivity contribution in [3.63, 3.8) is 0 Å². The van der Waals surface area contributed by atoms with E-state index in [-0.39, 0.29) is 18.5 Å². The van der Waals surface area contributed by atoms with Crippen LogP contribution in [0.2, 0.25) is 0 Å². The van der Waals surface area contributed by atoms with Crippen LogP contribution >= 0.6 is 0 Å². The summed E-state index contributed by atoms with van der Waals surface area (Å²) >= 11 is 0. The molecule has 0 aromatic heterocycles. The highest BCUT2D eigenvalue weighted by Gasteiger charge is 2.23. The van der Waals surface area contributed by atoms with E-state index < -0.39 is 0 Å². The third-order valence-corrected chi connectivity index (χ3v) is 5.52. The third kappa shape index (κ3) is 7.00. The van der Waals surface area contributed by atoms with E-state index in [9.17, 15) is 4.79 Å². The first-order valence-electron chi connectivity index (χ1n) is 10.8. The lowest BCUT2D eigenvalue weighted by molar-refractivity contribution is -0.120. The monoisotopic (exact) mass is 423 g/mol. The van der Waals surface area contributed by atoms with Gasteiger partial charge in [-0.05, 0) is 49.2 Å². The molecule has 0 bridgehead atoms. The van der Waals surface area contributed by atoms with E-state index in [1.807, 2.05) is 42.5 Å². The first kappa shape index (κ1) is 22.6. The molecule has 31 heavy (non-hydrogen) atoms. The number of benzene rings is 2. The Labute approximate surface area is 184 Å². The second-order valence-electron chi connectivity index (χ2n) is 7.60. The molecule has 0 radical (unpaired) electrons. The Kier molecular flexibility index (Phi) is 8.72. The molecule has 1 aliphatic heterocycles. The lowest BCUT2D eigenvalue weighted by Gasteiger charge is -2.29. The van der Waals surface area contributed by atoms with Gasteiger partial charge in [-0.15, -0.1) is 0 Å². The molecule has 1 saturated heterocycles. The highest BCUT2D eigenvalue weighted by atomic mass is 16.5. The summed E-state index contributed by atoms with van der Waals surface area (Å²) in [6.07, 6.45) is 2.45. The smallest absolute Gasteiger partial charge is 0.239 e. The number of carbonyl (C=O) groups is 1. The minimum absolute atomic E-state index is 0.0712. The topological polar surface area (TPSA) is 78.0 Å². The molecule has 2 aromatic carbocycles.